The molecule has 0 aliphatic carbocycles. The summed E-state index contributed by atoms with van der Waals surface area (Å²) in [4.78, 5) is 0. The topological polar surface area (TPSA) is 0 Å². The first-order chi connectivity index (χ1) is 20.3. The van der Waals surface area contributed by atoms with Crippen LogP contribution in [0.5, 0.6) is 0 Å². The zero-order valence-electron chi connectivity index (χ0n) is 23.4. The van der Waals surface area contributed by atoms with Crippen LogP contribution >= 0.6 is 0 Å². The van der Waals surface area contributed by atoms with Gasteiger partial charge >= 0.3 is 0 Å². The Hall–Kier alpha value is -4.68. The van der Waals surface area contributed by atoms with E-state index in [1.807, 2.05) is 0 Å². The highest BCUT2D eigenvalue weighted by molar-refractivity contribution is 5.52. The maximum absolute atomic E-state index is 2.30. The fraction of sp³-hybridized carbons (Fsp3) is 0.122. The standard InChI is InChI=1S/C41H36/c1-7-20-34(21-8-1)40(35-22-9-2-10-23-35,36-24-11-3-12-25-36)32-19-33-41(37-26-13-4-14-27-37,38-28-15-5-16-29-38)39-30-17-6-18-31-39/h1-18,20-31H,19,32-33H2. The predicted molar refractivity (Wildman–Crippen MR) is 172 cm³/mol. The van der Waals surface area contributed by atoms with Gasteiger partial charge in [0.1, 0.15) is 0 Å². The van der Waals surface area contributed by atoms with E-state index in [9.17, 15) is 0 Å². The number of rotatable bonds is 10. The Labute approximate surface area is 245 Å². The molecule has 0 saturated carbocycles. The molecule has 0 spiro atoms. The fourth-order valence-corrected chi connectivity index (χ4v) is 6.82. The van der Waals surface area contributed by atoms with Gasteiger partial charge in [-0.15, -0.1) is 0 Å². The van der Waals surface area contributed by atoms with Crippen LogP contribution in [-0.4, -0.2) is 0 Å². The van der Waals surface area contributed by atoms with E-state index in [-0.39, 0.29) is 10.8 Å². The average molecular weight is 529 g/mol. The van der Waals surface area contributed by atoms with Gasteiger partial charge in [-0.2, -0.15) is 0 Å². The van der Waals surface area contributed by atoms with E-state index < -0.39 is 0 Å². The van der Waals surface area contributed by atoms with Crippen LogP contribution in [0.3, 0.4) is 0 Å². The minimum atomic E-state index is -0.264. The molecule has 0 fully saturated rings. The number of hydrogen-bond donors (Lipinski definition) is 0. The molecule has 0 radical (unpaired) electrons. The molecule has 0 aliphatic rings. The molecule has 200 valence electrons. The zero-order valence-corrected chi connectivity index (χ0v) is 23.4. The highest BCUT2D eigenvalue weighted by Crippen LogP contribution is 2.47. The SMILES string of the molecule is c1ccc(C(CCCC(c2ccccc2)(c2ccccc2)c2ccccc2)(c2ccccc2)c2ccccc2)cc1. The van der Waals surface area contributed by atoms with Gasteiger partial charge in [0.15, 0.2) is 0 Å². The molecule has 41 heavy (non-hydrogen) atoms. The van der Waals surface area contributed by atoms with Crippen LogP contribution in [0.15, 0.2) is 182 Å². The molecule has 0 unspecified atom stereocenters. The second kappa shape index (κ2) is 12.2. The first-order valence-electron chi connectivity index (χ1n) is 14.7. The van der Waals surface area contributed by atoms with Gasteiger partial charge in [0.05, 0.1) is 0 Å². The summed E-state index contributed by atoms with van der Waals surface area (Å²) in [6.07, 6.45) is 3.00. The number of hydrogen-bond acceptors (Lipinski definition) is 0. The van der Waals surface area contributed by atoms with Crippen LogP contribution in [0.2, 0.25) is 0 Å². The zero-order chi connectivity index (χ0) is 27.8. The van der Waals surface area contributed by atoms with Crippen molar-refractivity contribution in [2.24, 2.45) is 0 Å². The molecule has 0 atom stereocenters. The van der Waals surface area contributed by atoms with Crippen molar-refractivity contribution in [2.75, 3.05) is 0 Å². The molecule has 0 bridgehead atoms. The summed E-state index contributed by atoms with van der Waals surface area (Å²) in [6, 6.07) is 66.5. The summed E-state index contributed by atoms with van der Waals surface area (Å²) in [7, 11) is 0. The van der Waals surface area contributed by atoms with E-state index in [1.165, 1.54) is 33.4 Å². The van der Waals surface area contributed by atoms with Crippen molar-refractivity contribution in [1.82, 2.24) is 0 Å². The van der Waals surface area contributed by atoms with Gasteiger partial charge in [0.2, 0.25) is 0 Å². The summed E-state index contributed by atoms with van der Waals surface area (Å²) >= 11 is 0. The van der Waals surface area contributed by atoms with Crippen molar-refractivity contribution < 1.29 is 0 Å². The molecule has 0 aromatic heterocycles. The molecular formula is C41H36. The Bertz CT molecular complexity index is 1290. The van der Waals surface area contributed by atoms with E-state index >= 15 is 0 Å². The summed E-state index contributed by atoms with van der Waals surface area (Å²) in [5.41, 5.74) is 7.48. The lowest BCUT2D eigenvalue weighted by molar-refractivity contribution is 0.459. The summed E-state index contributed by atoms with van der Waals surface area (Å²) in [5.74, 6) is 0. The molecule has 0 heteroatoms. The van der Waals surface area contributed by atoms with E-state index in [4.69, 9.17) is 0 Å². The highest BCUT2D eigenvalue weighted by atomic mass is 14.4. The van der Waals surface area contributed by atoms with Crippen molar-refractivity contribution in [3.05, 3.63) is 215 Å². The van der Waals surface area contributed by atoms with Crippen LogP contribution < -0.4 is 0 Å². The van der Waals surface area contributed by atoms with Crippen molar-refractivity contribution in [3.8, 4) is 0 Å². The van der Waals surface area contributed by atoms with Crippen LogP contribution in [0, 0.1) is 0 Å². The first kappa shape index (κ1) is 26.5. The van der Waals surface area contributed by atoms with Crippen molar-refractivity contribution >= 4 is 0 Å². The van der Waals surface area contributed by atoms with E-state index in [0.29, 0.717) is 0 Å². The fourth-order valence-electron chi connectivity index (χ4n) is 6.82. The Kier molecular flexibility index (Phi) is 7.92. The Morgan fingerprint density at radius 3 is 0.585 bits per heavy atom. The number of benzene rings is 6. The van der Waals surface area contributed by atoms with Crippen molar-refractivity contribution in [2.45, 2.75) is 30.1 Å². The molecule has 0 heterocycles. The molecule has 0 saturated heterocycles. The van der Waals surface area contributed by atoms with Gasteiger partial charge < -0.3 is 0 Å². The third kappa shape index (κ3) is 5.14. The monoisotopic (exact) mass is 528 g/mol. The Morgan fingerprint density at radius 2 is 0.415 bits per heavy atom. The minimum absolute atomic E-state index is 0.264. The molecule has 0 N–H and O–H groups in total. The van der Waals surface area contributed by atoms with E-state index in [1.54, 1.807) is 0 Å². The molecular weight excluding hydrogens is 492 g/mol. The summed E-state index contributed by atoms with van der Waals surface area (Å²) in [6.45, 7) is 0. The van der Waals surface area contributed by atoms with Gasteiger partial charge in [-0.3, -0.25) is 0 Å². The Balaban J connectivity index is 1.50. The van der Waals surface area contributed by atoms with Gasteiger partial charge in [-0.1, -0.05) is 188 Å². The molecule has 0 aliphatic heterocycles. The van der Waals surface area contributed by atoms with Crippen LogP contribution in [0.25, 0.3) is 0 Å². The second-order valence-corrected chi connectivity index (χ2v) is 10.9. The summed E-state index contributed by atoms with van der Waals surface area (Å²) < 4.78 is 0. The quantitative estimate of drug-likeness (QED) is 0.155. The van der Waals surface area contributed by atoms with Crippen LogP contribution in [0.4, 0.5) is 0 Å². The largest absolute Gasteiger partial charge is 0.0622 e. The third-order valence-corrected chi connectivity index (χ3v) is 8.70. The molecule has 6 aromatic carbocycles. The molecule has 6 aromatic rings. The molecule has 0 amide bonds. The maximum atomic E-state index is 2.30. The third-order valence-electron chi connectivity index (χ3n) is 8.70. The van der Waals surface area contributed by atoms with E-state index in [2.05, 4.69) is 182 Å². The first-order valence-corrected chi connectivity index (χ1v) is 14.7. The minimum Gasteiger partial charge on any atom is -0.0622 e. The second-order valence-electron chi connectivity index (χ2n) is 10.9. The predicted octanol–water partition coefficient (Wildman–Crippen LogP) is 10.2. The van der Waals surface area contributed by atoms with Gasteiger partial charge in [0.25, 0.3) is 0 Å². The van der Waals surface area contributed by atoms with Crippen LogP contribution in [-0.2, 0) is 10.8 Å². The average Bonchev–Trinajstić information content (AvgIpc) is 3.08. The lowest BCUT2D eigenvalue weighted by atomic mass is 9.63. The lowest BCUT2D eigenvalue weighted by Gasteiger charge is -2.40. The van der Waals surface area contributed by atoms with E-state index in [0.717, 1.165) is 19.3 Å². The summed E-state index contributed by atoms with van der Waals surface area (Å²) in [5, 5.41) is 0. The van der Waals surface area contributed by atoms with Crippen molar-refractivity contribution in [3.63, 3.8) is 0 Å². The maximum Gasteiger partial charge on any atom is 0.0451 e. The smallest absolute Gasteiger partial charge is 0.0451 e. The normalized spacial score (nSPS) is 11.7. The highest BCUT2D eigenvalue weighted by Gasteiger charge is 2.39. The van der Waals surface area contributed by atoms with Crippen molar-refractivity contribution in [1.29, 1.82) is 0 Å². The van der Waals surface area contributed by atoms with Gasteiger partial charge in [-0.25, -0.2) is 0 Å². The van der Waals surface area contributed by atoms with Gasteiger partial charge in [0, 0.05) is 10.8 Å². The van der Waals surface area contributed by atoms with Gasteiger partial charge in [-0.05, 0) is 46.2 Å². The Morgan fingerprint density at radius 1 is 0.244 bits per heavy atom. The molecule has 0 nitrogen and oxygen atoms in total. The lowest BCUT2D eigenvalue weighted by Crippen LogP contribution is -2.33. The molecule has 6 rings (SSSR count). The van der Waals surface area contributed by atoms with Crippen LogP contribution in [0.1, 0.15) is 52.6 Å².